The van der Waals surface area contributed by atoms with Crippen molar-refractivity contribution in [3.05, 3.63) is 76.2 Å². The molecule has 1 aliphatic carbocycles. The number of aromatic nitrogens is 1. The van der Waals surface area contributed by atoms with Gasteiger partial charge in [-0.1, -0.05) is 12.1 Å². The number of hydrogen-bond donors (Lipinski definition) is 1. The number of fused-ring (bicyclic) bond motifs is 3. The first-order valence-electron chi connectivity index (χ1n) is 8.30. The van der Waals surface area contributed by atoms with Crippen LogP contribution in [0.25, 0.3) is 17.0 Å². The number of esters is 1. The Morgan fingerprint density at radius 3 is 2.65 bits per heavy atom. The minimum absolute atomic E-state index is 0.0832. The molecule has 0 atom stereocenters. The molecule has 1 heterocycles. The average Bonchev–Trinajstić information content (AvgIpc) is 3.02. The summed E-state index contributed by atoms with van der Waals surface area (Å²) in [6.07, 6.45) is 3.13. The van der Waals surface area contributed by atoms with E-state index in [9.17, 15) is 14.0 Å². The van der Waals surface area contributed by atoms with Crippen LogP contribution in [0, 0.1) is 5.82 Å². The molecule has 0 unspecified atom stereocenters. The topological polar surface area (TPSA) is 59.2 Å². The smallest absolute Gasteiger partial charge is 0.337 e. The van der Waals surface area contributed by atoms with Crippen LogP contribution in [0.2, 0.25) is 0 Å². The minimum Gasteiger partial charge on any atom is -0.465 e. The standard InChI is InChI=1S/C21H16FNO3/c1-26-21(25)13-4-2-12(3-5-13)10-14-6-8-18-19(20(14)24)16-11-15(22)7-9-17(16)23-18/h2-5,7,9-11,23H,6,8H2,1H3/b14-10-. The maximum absolute atomic E-state index is 13.6. The van der Waals surface area contributed by atoms with Gasteiger partial charge in [0.25, 0.3) is 0 Å². The van der Waals surface area contributed by atoms with Gasteiger partial charge in [-0.15, -0.1) is 0 Å². The molecule has 2 aromatic carbocycles. The number of Topliss-reactive ketones (excluding diaryl/α,β-unsaturated/α-hetero) is 1. The summed E-state index contributed by atoms with van der Waals surface area (Å²) in [7, 11) is 1.33. The highest BCUT2D eigenvalue weighted by Gasteiger charge is 2.26. The van der Waals surface area contributed by atoms with Crippen LogP contribution >= 0.6 is 0 Å². The van der Waals surface area contributed by atoms with E-state index in [4.69, 9.17) is 0 Å². The van der Waals surface area contributed by atoms with Gasteiger partial charge in [-0.25, -0.2) is 9.18 Å². The van der Waals surface area contributed by atoms with Crippen LogP contribution in [-0.4, -0.2) is 23.8 Å². The Balaban J connectivity index is 1.70. The van der Waals surface area contributed by atoms with Crippen LogP contribution in [0.15, 0.2) is 48.0 Å². The van der Waals surface area contributed by atoms with Crippen molar-refractivity contribution in [3.8, 4) is 0 Å². The molecule has 1 aromatic heterocycles. The number of H-pyrrole nitrogens is 1. The molecule has 4 rings (SSSR count). The number of ketones is 1. The summed E-state index contributed by atoms with van der Waals surface area (Å²) >= 11 is 0. The number of ether oxygens (including phenoxy) is 1. The third-order valence-corrected chi connectivity index (χ3v) is 4.67. The molecule has 1 N–H and O–H groups in total. The molecule has 5 heteroatoms. The predicted molar refractivity (Wildman–Crippen MR) is 96.7 cm³/mol. The van der Waals surface area contributed by atoms with E-state index in [1.54, 1.807) is 30.3 Å². The Labute approximate surface area is 149 Å². The molecule has 0 saturated carbocycles. The van der Waals surface area contributed by atoms with E-state index in [0.717, 1.165) is 16.8 Å². The van der Waals surface area contributed by atoms with E-state index in [1.807, 2.05) is 6.08 Å². The van der Waals surface area contributed by atoms with Crippen LogP contribution in [0.3, 0.4) is 0 Å². The van der Waals surface area contributed by atoms with E-state index in [0.29, 0.717) is 34.9 Å². The highest BCUT2D eigenvalue weighted by atomic mass is 19.1. The largest absolute Gasteiger partial charge is 0.465 e. The summed E-state index contributed by atoms with van der Waals surface area (Å²) in [5.41, 5.74) is 4.15. The second kappa shape index (κ2) is 6.26. The number of carbonyl (C=O) groups excluding carboxylic acids is 2. The van der Waals surface area contributed by atoms with E-state index >= 15 is 0 Å². The van der Waals surface area contributed by atoms with Crippen LogP contribution in [0.4, 0.5) is 4.39 Å². The van der Waals surface area contributed by atoms with E-state index < -0.39 is 5.97 Å². The Hall–Kier alpha value is -3.21. The van der Waals surface area contributed by atoms with Crippen molar-refractivity contribution in [2.75, 3.05) is 7.11 Å². The summed E-state index contributed by atoms with van der Waals surface area (Å²) in [6.45, 7) is 0. The number of carbonyl (C=O) groups is 2. The molecule has 0 aliphatic heterocycles. The van der Waals surface area contributed by atoms with Crippen molar-refractivity contribution >= 4 is 28.7 Å². The summed E-state index contributed by atoms with van der Waals surface area (Å²) in [6, 6.07) is 11.3. The number of benzene rings is 2. The van der Waals surface area contributed by atoms with E-state index in [1.165, 1.54) is 19.2 Å². The monoisotopic (exact) mass is 349 g/mol. The molecular weight excluding hydrogens is 333 g/mol. The van der Waals surface area contributed by atoms with Gasteiger partial charge in [0.1, 0.15) is 5.82 Å². The molecule has 0 saturated heterocycles. The summed E-state index contributed by atoms with van der Waals surface area (Å²) < 4.78 is 18.3. The molecule has 0 fully saturated rings. The van der Waals surface area contributed by atoms with E-state index in [-0.39, 0.29) is 11.6 Å². The molecule has 0 amide bonds. The Morgan fingerprint density at radius 1 is 1.15 bits per heavy atom. The van der Waals surface area contributed by atoms with Gasteiger partial charge in [0.05, 0.1) is 18.2 Å². The summed E-state index contributed by atoms with van der Waals surface area (Å²) in [4.78, 5) is 27.7. The highest BCUT2D eigenvalue weighted by molar-refractivity contribution is 6.19. The minimum atomic E-state index is -0.400. The van der Waals surface area contributed by atoms with Gasteiger partial charge in [0.2, 0.25) is 0 Å². The van der Waals surface area contributed by atoms with Crippen molar-refractivity contribution in [3.63, 3.8) is 0 Å². The lowest BCUT2D eigenvalue weighted by Crippen LogP contribution is -2.13. The van der Waals surface area contributed by atoms with Crippen LogP contribution < -0.4 is 0 Å². The Bertz CT molecular complexity index is 1060. The van der Waals surface area contributed by atoms with Gasteiger partial charge in [-0.05, 0) is 54.8 Å². The van der Waals surface area contributed by atoms with Gasteiger partial charge in [0.15, 0.2) is 5.78 Å². The molecule has 4 nitrogen and oxygen atoms in total. The van der Waals surface area contributed by atoms with Gasteiger partial charge >= 0.3 is 5.97 Å². The number of aryl methyl sites for hydroxylation is 1. The zero-order chi connectivity index (χ0) is 18.3. The first-order chi connectivity index (χ1) is 12.6. The second-order valence-corrected chi connectivity index (χ2v) is 6.28. The highest BCUT2D eigenvalue weighted by Crippen LogP contribution is 2.32. The summed E-state index contributed by atoms with van der Waals surface area (Å²) in [5, 5.41) is 0.622. The molecule has 1 aliphatic rings. The second-order valence-electron chi connectivity index (χ2n) is 6.28. The quantitative estimate of drug-likeness (QED) is 0.554. The third-order valence-electron chi connectivity index (χ3n) is 4.67. The number of aromatic amines is 1. The summed E-state index contributed by atoms with van der Waals surface area (Å²) in [5.74, 6) is -0.842. The fourth-order valence-corrected chi connectivity index (χ4v) is 3.37. The molecule has 0 spiro atoms. The number of nitrogens with one attached hydrogen (secondary N) is 1. The average molecular weight is 349 g/mol. The zero-order valence-electron chi connectivity index (χ0n) is 14.1. The van der Waals surface area contributed by atoms with E-state index in [2.05, 4.69) is 9.72 Å². The molecule has 0 radical (unpaired) electrons. The van der Waals surface area contributed by atoms with Crippen LogP contribution in [-0.2, 0) is 11.2 Å². The fourth-order valence-electron chi connectivity index (χ4n) is 3.37. The number of halogens is 1. The van der Waals surface area contributed by atoms with Gasteiger partial charge in [-0.3, -0.25) is 4.79 Å². The lowest BCUT2D eigenvalue weighted by Gasteiger charge is -2.14. The molecule has 0 bridgehead atoms. The maximum Gasteiger partial charge on any atom is 0.337 e. The number of methoxy groups -OCH3 is 1. The van der Waals surface area contributed by atoms with Crippen molar-refractivity contribution in [2.24, 2.45) is 0 Å². The Kier molecular flexibility index (Phi) is 3.92. The van der Waals surface area contributed by atoms with Crippen molar-refractivity contribution in [1.82, 2.24) is 4.98 Å². The number of rotatable bonds is 2. The lowest BCUT2D eigenvalue weighted by atomic mass is 9.88. The van der Waals surface area contributed by atoms with Crippen LogP contribution in [0.5, 0.6) is 0 Å². The molecule has 130 valence electrons. The van der Waals surface area contributed by atoms with Gasteiger partial charge < -0.3 is 9.72 Å². The van der Waals surface area contributed by atoms with Crippen molar-refractivity contribution in [2.45, 2.75) is 12.8 Å². The van der Waals surface area contributed by atoms with Crippen molar-refractivity contribution in [1.29, 1.82) is 0 Å². The first kappa shape index (κ1) is 16.3. The van der Waals surface area contributed by atoms with Crippen LogP contribution in [0.1, 0.15) is 38.4 Å². The molecule has 26 heavy (non-hydrogen) atoms. The van der Waals surface area contributed by atoms with Gasteiger partial charge in [-0.2, -0.15) is 0 Å². The normalized spacial score (nSPS) is 15.3. The fraction of sp³-hybridized carbons (Fsp3) is 0.143. The van der Waals surface area contributed by atoms with Gasteiger partial charge in [0, 0.05) is 22.2 Å². The number of allylic oxidation sites excluding steroid dienone is 1. The zero-order valence-corrected chi connectivity index (χ0v) is 14.1. The number of hydrogen-bond acceptors (Lipinski definition) is 3. The predicted octanol–water partition coefficient (Wildman–Crippen LogP) is 4.31. The first-order valence-corrected chi connectivity index (χ1v) is 8.30. The molecular formula is C21H16FNO3. The Morgan fingerprint density at radius 2 is 1.92 bits per heavy atom. The SMILES string of the molecule is COC(=O)c1ccc(/C=C2/CCc3[nH]c4ccc(F)cc4c3C2=O)cc1. The third kappa shape index (κ3) is 2.71. The molecule has 3 aromatic rings. The maximum atomic E-state index is 13.6. The lowest BCUT2D eigenvalue weighted by molar-refractivity contribution is 0.0600. The van der Waals surface area contributed by atoms with Crippen molar-refractivity contribution < 1.29 is 18.7 Å².